The molecule has 0 aliphatic carbocycles. The third-order valence-corrected chi connectivity index (χ3v) is 6.35. The Morgan fingerprint density at radius 2 is 1.82 bits per heavy atom. The van der Waals surface area contributed by atoms with E-state index >= 15 is 0 Å². The summed E-state index contributed by atoms with van der Waals surface area (Å²) >= 11 is 0. The second-order valence-electron chi connectivity index (χ2n) is 6.93. The Morgan fingerprint density at radius 1 is 1.14 bits per heavy atom. The molecule has 6 nitrogen and oxygen atoms in total. The van der Waals surface area contributed by atoms with Crippen molar-refractivity contribution in [3.8, 4) is 5.75 Å². The van der Waals surface area contributed by atoms with Gasteiger partial charge in [0.05, 0.1) is 12.0 Å². The molecule has 0 aromatic heterocycles. The number of nitrogens with one attached hydrogen (secondary N) is 1. The van der Waals surface area contributed by atoms with Gasteiger partial charge in [-0.15, -0.1) is 0 Å². The third kappa shape index (κ3) is 5.81. The molecule has 0 spiro atoms. The van der Waals surface area contributed by atoms with Crippen molar-refractivity contribution in [2.24, 2.45) is 0 Å². The van der Waals surface area contributed by atoms with Gasteiger partial charge in [-0.05, 0) is 54.3 Å². The van der Waals surface area contributed by atoms with Crippen LogP contribution in [0.25, 0.3) is 0 Å². The number of benzene rings is 2. The minimum atomic E-state index is -3.59. The zero-order chi connectivity index (χ0) is 20.7. The van der Waals surface area contributed by atoms with Crippen molar-refractivity contribution in [2.75, 3.05) is 26.0 Å². The molecule has 0 bridgehead atoms. The Bertz CT molecular complexity index is 893. The molecule has 152 valence electrons. The first-order valence-corrected chi connectivity index (χ1v) is 10.7. The molecule has 0 aliphatic rings. The first-order valence-electron chi connectivity index (χ1n) is 9.24. The molecule has 0 atom stereocenters. The van der Waals surface area contributed by atoms with Gasteiger partial charge >= 0.3 is 0 Å². The van der Waals surface area contributed by atoms with E-state index < -0.39 is 10.0 Å². The molecular weight excluding hydrogens is 376 g/mol. The molecule has 2 rings (SSSR count). The number of ether oxygens (including phenoxy) is 1. The summed E-state index contributed by atoms with van der Waals surface area (Å²) in [5.74, 6) is 0.852. The average molecular weight is 405 g/mol. The summed E-state index contributed by atoms with van der Waals surface area (Å²) in [6, 6.07) is 14.0. The molecule has 7 heteroatoms. The first kappa shape index (κ1) is 21.9. The van der Waals surface area contributed by atoms with Crippen molar-refractivity contribution in [2.45, 2.75) is 37.5 Å². The maximum atomic E-state index is 12.6. The summed E-state index contributed by atoms with van der Waals surface area (Å²) < 4.78 is 31.5. The highest BCUT2D eigenvalue weighted by Crippen LogP contribution is 2.20. The fraction of sp³-hybridized carbons (Fsp3) is 0.381. The number of amides is 1. The molecule has 1 N–H and O–H groups in total. The lowest BCUT2D eigenvalue weighted by Crippen LogP contribution is -2.28. The highest BCUT2D eigenvalue weighted by Gasteiger charge is 2.20. The van der Waals surface area contributed by atoms with Gasteiger partial charge in [0.25, 0.3) is 0 Å². The highest BCUT2D eigenvalue weighted by molar-refractivity contribution is 7.89. The maximum Gasteiger partial charge on any atom is 0.242 e. The Balaban J connectivity index is 1.87. The van der Waals surface area contributed by atoms with Crippen LogP contribution < -0.4 is 10.1 Å². The number of rotatable bonds is 9. The van der Waals surface area contributed by atoms with Gasteiger partial charge in [-0.3, -0.25) is 4.79 Å². The first-order chi connectivity index (χ1) is 13.2. The van der Waals surface area contributed by atoms with Crippen molar-refractivity contribution in [1.29, 1.82) is 0 Å². The van der Waals surface area contributed by atoms with Crippen LogP contribution in [-0.4, -0.2) is 39.3 Å². The third-order valence-electron chi connectivity index (χ3n) is 4.48. The van der Waals surface area contributed by atoms with Crippen LogP contribution >= 0.6 is 0 Å². The van der Waals surface area contributed by atoms with E-state index in [4.69, 9.17) is 4.74 Å². The molecule has 1 amide bonds. The molecule has 0 saturated carbocycles. The fourth-order valence-corrected chi connectivity index (χ4v) is 3.92. The summed E-state index contributed by atoms with van der Waals surface area (Å²) in [4.78, 5) is 12.4. The van der Waals surface area contributed by atoms with Crippen LogP contribution in [0.15, 0.2) is 53.4 Å². The number of hydrogen-bond donors (Lipinski definition) is 1. The van der Waals surface area contributed by atoms with Crippen LogP contribution in [0.2, 0.25) is 0 Å². The number of hydrogen-bond acceptors (Lipinski definition) is 4. The second-order valence-corrected chi connectivity index (χ2v) is 8.98. The number of carbonyl (C=O) groups is 1. The number of anilines is 1. The van der Waals surface area contributed by atoms with E-state index in [0.29, 0.717) is 18.1 Å². The van der Waals surface area contributed by atoms with Gasteiger partial charge in [-0.1, -0.05) is 26.0 Å². The maximum absolute atomic E-state index is 12.6. The zero-order valence-electron chi connectivity index (χ0n) is 16.8. The van der Waals surface area contributed by atoms with Gasteiger partial charge in [0.2, 0.25) is 15.9 Å². The Kier molecular flexibility index (Phi) is 7.60. The van der Waals surface area contributed by atoms with Crippen molar-refractivity contribution in [3.05, 3.63) is 54.1 Å². The summed E-state index contributed by atoms with van der Waals surface area (Å²) in [5, 5.41) is 2.87. The summed E-state index contributed by atoms with van der Waals surface area (Å²) in [6.07, 6.45) is 0.677. The van der Waals surface area contributed by atoms with Gasteiger partial charge in [-0.25, -0.2) is 12.7 Å². The van der Waals surface area contributed by atoms with Gasteiger partial charge in [0, 0.05) is 25.7 Å². The lowest BCUT2D eigenvalue weighted by molar-refractivity contribution is -0.116. The predicted octanol–water partition coefficient (Wildman–Crippen LogP) is 3.86. The number of nitrogens with zero attached hydrogens (tertiary/aromatic N) is 1. The number of sulfonamides is 1. The van der Waals surface area contributed by atoms with Crippen molar-refractivity contribution < 1.29 is 17.9 Å². The fourth-order valence-electron chi connectivity index (χ4n) is 2.71. The largest absolute Gasteiger partial charge is 0.497 e. The van der Waals surface area contributed by atoms with E-state index in [1.807, 2.05) is 24.3 Å². The van der Waals surface area contributed by atoms with E-state index in [0.717, 1.165) is 11.3 Å². The van der Waals surface area contributed by atoms with E-state index in [1.54, 1.807) is 12.1 Å². The molecule has 0 heterocycles. The molecule has 2 aromatic rings. The Hall–Kier alpha value is -2.38. The lowest BCUT2D eigenvalue weighted by Gasteiger charge is -2.17. The van der Waals surface area contributed by atoms with Crippen LogP contribution in [0.3, 0.4) is 0 Å². The SMILES string of the molecule is COc1ccc(S(=O)(=O)N(C)CCCC(=O)Nc2cccc(C(C)C)c2)cc1. The standard InChI is InChI=1S/C21H28N2O4S/c1-16(2)17-7-5-8-18(15-17)22-21(24)9-6-14-23(3)28(25,26)20-12-10-19(27-4)11-13-20/h5,7-8,10-13,15-16H,6,9,14H2,1-4H3,(H,22,24). The molecule has 0 fully saturated rings. The second kappa shape index (κ2) is 9.71. The van der Waals surface area contributed by atoms with Crippen LogP contribution in [-0.2, 0) is 14.8 Å². The summed E-state index contributed by atoms with van der Waals surface area (Å²) in [7, 11) is -0.545. The number of carbonyl (C=O) groups excluding carboxylic acids is 1. The molecule has 2 aromatic carbocycles. The minimum absolute atomic E-state index is 0.129. The van der Waals surface area contributed by atoms with Crippen molar-refractivity contribution >= 4 is 21.6 Å². The average Bonchev–Trinajstić information content (AvgIpc) is 2.68. The highest BCUT2D eigenvalue weighted by atomic mass is 32.2. The van der Waals surface area contributed by atoms with Gasteiger partial charge in [0.1, 0.15) is 5.75 Å². The quantitative estimate of drug-likeness (QED) is 0.689. The molecule has 0 saturated heterocycles. The topological polar surface area (TPSA) is 75.7 Å². The van der Waals surface area contributed by atoms with E-state index in [9.17, 15) is 13.2 Å². The Labute approximate surface area is 167 Å². The van der Waals surface area contributed by atoms with Crippen LogP contribution in [0.5, 0.6) is 5.75 Å². The minimum Gasteiger partial charge on any atom is -0.497 e. The van der Waals surface area contributed by atoms with E-state index in [1.165, 1.54) is 30.6 Å². The monoisotopic (exact) mass is 404 g/mol. The summed E-state index contributed by atoms with van der Waals surface area (Å²) in [6.45, 7) is 4.45. The van der Waals surface area contributed by atoms with Crippen LogP contribution in [0.4, 0.5) is 5.69 Å². The molecule has 0 radical (unpaired) electrons. The predicted molar refractivity (Wildman–Crippen MR) is 111 cm³/mol. The molecular formula is C21H28N2O4S. The van der Waals surface area contributed by atoms with E-state index in [2.05, 4.69) is 19.2 Å². The van der Waals surface area contributed by atoms with Crippen LogP contribution in [0.1, 0.15) is 38.2 Å². The van der Waals surface area contributed by atoms with E-state index in [-0.39, 0.29) is 23.8 Å². The molecule has 28 heavy (non-hydrogen) atoms. The van der Waals surface area contributed by atoms with Gasteiger partial charge in [-0.2, -0.15) is 0 Å². The zero-order valence-corrected chi connectivity index (χ0v) is 17.6. The van der Waals surface area contributed by atoms with Crippen molar-refractivity contribution in [1.82, 2.24) is 4.31 Å². The van der Waals surface area contributed by atoms with Gasteiger partial charge < -0.3 is 10.1 Å². The lowest BCUT2D eigenvalue weighted by atomic mass is 10.0. The Morgan fingerprint density at radius 3 is 2.43 bits per heavy atom. The van der Waals surface area contributed by atoms with Crippen molar-refractivity contribution in [3.63, 3.8) is 0 Å². The molecule has 0 unspecified atom stereocenters. The summed E-state index contributed by atoms with van der Waals surface area (Å²) in [5.41, 5.74) is 1.92. The number of methoxy groups -OCH3 is 1. The normalized spacial score (nSPS) is 11.6. The van der Waals surface area contributed by atoms with Gasteiger partial charge in [0.15, 0.2) is 0 Å². The molecule has 0 aliphatic heterocycles. The smallest absolute Gasteiger partial charge is 0.242 e. The van der Waals surface area contributed by atoms with Crippen LogP contribution in [0, 0.1) is 0 Å².